The lowest BCUT2D eigenvalue weighted by Gasteiger charge is -2.07. The minimum Gasteiger partial charge on any atom is -0.480 e. The van der Waals surface area contributed by atoms with Crippen LogP contribution in [0.5, 0.6) is 5.88 Å². The molecular formula is C19H17F3N6O4. The van der Waals surface area contributed by atoms with E-state index in [2.05, 4.69) is 25.6 Å². The molecule has 0 saturated heterocycles. The van der Waals surface area contributed by atoms with Gasteiger partial charge in [-0.25, -0.2) is 4.98 Å². The quantitative estimate of drug-likeness (QED) is 0.390. The summed E-state index contributed by atoms with van der Waals surface area (Å²) in [5, 5.41) is 23.7. The van der Waals surface area contributed by atoms with E-state index in [1.54, 1.807) is 19.1 Å². The monoisotopic (exact) mass is 450 g/mol. The van der Waals surface area contributed by atoms with E-state index in [1.807, 2.05) is 0 Å². The lowest BCUT2D eigenvalue weighted by Crippen LogP contribution is -2.12. The Kier molecular flexibility index (Phi) is 6.97. The van der Waals surface area contributed by atoms with Crippen LogP contribution in [0, 0.1) is 0 Å². The van der Waals surface area contributed by atoms with E-state index in [-0.39, 0.29) is 24.9 Å². The Balaban J connectivity index is 1.49. The normalized spacial score (nSPS) is 11.9. The summed E-state index contributed by atoms with van der Waals surface area (Å²) in [5.41, 5.74) is 0.977. The lowest BCUT2D eigenvalue weighted by molar-refractivity contribution is -0.138. The molecule has 0 aliphatic carbocycles. The zero-order valence-electron chi connectivity index (χ0n) is 16.7. The smallest absolute Gasteiger partial charge is 0.416 e. The number of pyridine rings is 1. The average molecular weight is 450 g/mol. The van der Waals surface area contributed by atoms with Crippen molar-refractivity contribution in [2.45, 2.75) is 32.9 Å². The van der Waals surface area contributed by atoms with Gasteiger partial charge in [0.1, 0.15) is 6.61 Å². The Labute approximate surface area is 179 Å². The van der Waals surface area contributed by atoms with Gasteiger partial charge < -0.3 is 14.7 Å². The Hall–Kier alpha value is -4.03. The Morgan fingerprint density at radius 2 is 1.91 bits per heavy atom. The Bertz CT molecular complexity index is 1080. The third-order valence-electron chi connectivity index (χ3n) is 3.99. The summed E-state index contributed by atoms with van der Waals surface area (Å²) in [6.07, 6.45) is -2.88. The first kappa shape index (κ1) is 22.7. The molecule has 1 N–H and O–H groups in total. The molecule has 3 rings (SSSR count). The fraction of sp³-hybridized carbons (Fsp3) is 0.263. The first-order valence-corrected chi connectivity index (χ1v) is 9.11. The number of carboxylic acid groups (broad SMARTS) is 1. The number of alkyl halides is 3. The van der Waals surface area contributed by atoms with E-state index < -0.39 is 24.3 Å². The summed E-state index contributed by atoms with van der Waals surface area (Å²) in [6, 6.07) is 7.91. The van der Waals surface area contributed by atoms with Gasteiger partial charge in [0.05, 0.1) is 11.3 Å². The van der Waals surface area contributed by atoms with Crippen LogP contribution < -0.4 is 4.74 Å². The molecule has 10 nitrogen and oxygen atoms in total. The SMILES string of the molecule is C/C(=N\OCc1ccc(C(F)(F)F)cc1)c1ccc(OCc2nnn(CC(=O)O)n2)nc1. The number of nitrogens with zero attached hydrogens (tertiary/aromatic N) is 6. The molecule has 0 spiro atoms. The molecule has 168 valence electrons. The molecule has 13 heteroatoms. The van der Waals surface area contributed by atoms with E-state index >= 15 is 0 Å². The van der Waals surface area contributed by atoms with E-state index in [0.29, 0.717) is 16.8 Å². The highest BCUT2D eigenvalue weighted by atomic mass is 19.4. The molecule has 0 unspecified atom stereocenters. The summed E-state index contributed by atoms with van der Waals surface area (Å²) >= 11 is 0. The topological polar surface area (TPSA) is 125 Å². The fourth-order valence-electron chi connectivity index (χ4n) is 2.39. The van der Waals surface area contributed by atoms with Gasteiger partial charge in [0.2, 0.25) is 11.7 Å². The van der Waals surface area contributed by atoms with E-state index in [0.717, 1.165) is 16.9 Å². The number of oxime groups is 1. The third-order valence-corrected chi connectivity index (χ3v) is 3.99. The summed E-state index contributed by atoms with van der Waals surface area (Å²) in [4.78, 5) is 20.9. The number of aliphatic carboxylic acids is 1. The van der Waals surface area contributed by atoms with Crippen LogP contribution in [0.4, 0.5) is 13.2 Å². The van der Waals surface area contributed by atoms with Crippen LogP contribution >= 0.6 is 0 Å². The maximum absolute atomic E-state index is 12.6. The molecule has 0 fully saturated rings. The molecule has 0 atom stereocenters. The highest BCUT2D eigenvalue weighted by molar-refractivity contribution is 5.98. The summed E-state index contributed by atoms with van der Waals surface area (Å²) in [7, 11) is 0. The van der Waals surface area contributed by atoms with Gasteiger partial charge in [-0.05, 0) is 35.9 Å². The molecule has 2 aromatic heterocycles. The van der Waals surface area contributed by atoms with Crippen molar-refractivity contribution in [2.75, 3.05) is 0 Å². The molecular weight excluding hydrogens is 433 g/mol. The largest absolute Gasteiger partial charge is 0.480 e. The minimum atomic E-state index is -4.38. The van der Waals surface area contributed by atoms with Gasteiger partial charge in [-0.15, -0.1) is 10.2 Å². The number of rotatable bonds is 9. The van der Waals surface area contributed by atoms with Crippen LogP contribution in [-0.4, -0.2) is 42.0 Å². The molecule has 3 aromatic rings. The number of ether oxygens (including phenoxy) is 1. The highest BCUT2D eigenvalue weighted by Crippen LogP contribution is 2.29. The number of hydrogen-bond donors (Lipinski definition) is 1. The van der Waals surface area contributed by atoms with Gasteiger partial charge in [-0.2, -0.15) is 18.0 Å². The zero-order valence-corrected chi connectivity index (χ0v) is 16.7. The fourth-order valence-corrected chi connectivity index (χ4v) is 2.39. The van der Waals surface area contributed by atoms with Crippen molar-refractivity contribution in [2.24, 2.45) is 5.16 Å². The van der Waals surface area contributed by atoms with Gasteiger partial charge in [0.15, 0.2) is 13.2 Å². The first-order valence-electron chi connectivity index (χ1n) is 9.11. The summed E-state index contributed by atoms with van der Waals surface area (Å²) in [6.45, 7) is 1.25. The maximum atomic E-state index is 12.6. The van der Waals surface area contributed by atoms with Crippen LogP contribution in [-0.2, 0) is 35.6 Å². The number of hydrogen-bond acceptors (Lipinski definition) is 8. The molecule has 0 amide bonds. The molecule has 0 bridgehead atoms. The van der Waals surface area contributed by atoms with Crippen molar-refractivity contribution < 1.29 is 32.6 Å². The van der Waals surface area contributed by atoms with Crippen molar-refractivity contribution in [1.29, 1.82) is 0 Å². The number of aromatic nitrogens is 5. The number of benzene rings is 1. The third kappa shape index (κ3) is 6.48. The lowest BCUT2D eigenvalue weighted by atomic mass is 10.1. The van der Waals surface area contributed by atoms with Crippen LogP contribution in [0.1, 0.15) is 29.4 Å². The van der Waals surface area contributed by atoms with Crippen molar-refractivity contribution in [3.05, 3.63) is 65.1 Å². The van der Waals surface area contributed by atoms with Crippen molar-refractivity contribution in [3.63, 3.8) is 0 Å². The highest BCUT2D eigenvalue weighted by Gasteiger charge is 2.29. The van der Waals surface area contributed by atoms with Gasteiger partial charge >= 0.3 is 12.1 Å². The van der Waals surface area contributed by atoms with Crippen molar-refractivity contribution in [1.82, 2.24) is 25.2 Å². The van der Waals surface area contributed by atoms with E-state index in [9.17, 15) is 18.0 Å². The predicted octanol–water partition coefficient (Wildman–Crippen LogP) is 2.69. The molecule has 1 aromatic carbocycles. The van der Waals surface area contributed by atoms with E-state index in [4.69, 9.17) is 14.7 Å². The second-order valence-corrected chi connectivity index (χ2v) is 6.45. The molecule has 2 heterocycles. The van der Waals surface area contributed by atoms with Crippen LogP contribution in [0.15, 0.2) is 47.8 Å². The number of carbonyl (C=O) groups is 1. The van der Waals surface area contributed by atoms with Crippen molar-refractivity contribution >= 4 is 11.7 Å². The Morgan fingerprint density at radius 3 is 2.53 bits per heavy atom. The standard InChI is InChI=1S/C19H17F3N6O4/c1-12(26-32-10-13-2-5-15(6-3-13)19(20,21)22)14-4-7-17(23-8-14)31-11-16-24-27-28(25-16)9-18(29)30/h2-8H,9-11H2,1H3,(H,29,30)/b26-12+. The van der Waals surface area contributed by atoms with Crippen molar-refractivity contribution in [3.8, 4) is 5.88 Å². The molecule has 0 aliphatic heterocycles. The van der Waals surface area contributed by atoms with Gasteiger partial charge in [-0.3, -0.25) is 4.79 Å². The maximum Gasteiger partial charge on any atom is 0.416 e. The van der Waals surface area contributed by atoms with Gasteiger partial charge in [0, 0.05) is 17.8 Å². The van der Waals surface area contributed by atoms with Crippen LogP contribution in [0.3, 0.4) is 0 Å². The van der Waals surface area contributed by atoms with Crippen LogP contribution in [0.25, 0.3) is 0 Å². The second-order valence-electron chi connectivity index (χ2n) is 6.45. The number of tetrazole rings is 1. The average Bonchev–Trinajstić information content (AvgIpc) is 3.19. The second kappa shape index (κ2) is 9.85. The zero-order chi connectivity index (χ0) is 23.1. The van der Waals surface area contributed by atoms with Crippen LogP contribution in [0.2, 0.25) is 0 Å². The molecule has 0 saturated carbocycles. The van der Waals surface area contributed by atoms with E-state index in [1.165, 1.54) is 18.3 Å². The minimum absolute atomic E-state index is 0.0136. The first-order chi connectivity index (χ1) is 15.2. The molecule has 0 radical (unpaired) electrons. The van der Waals surface area contributed by atoms with Gasteiger partial charge in [0.25, 0.3) is 0 Å². The number of carboxylic acids is 1. The summed E-state index contributed by atoms with van der Waals surface area (Å²) < 4.78 is 43.1. The molecule has 32 heavy (non-hydrogen) atoms. The predicted molar refractivity (Wildman–Crippen MR) is 102 cm³/mol. The molecule has 0 aliphatic rings. The summed E-state index contributed by atoms with van der Waals surface area (Å²) in [5.74, 6) is -0.610. The number of halogens is 3. The van der Waals surface area contributed by atoms with Gasteiger partial charge in [-0.1, -0.05) is 17.3 Å². The Morgan fingerprint density at radius 1 is 1.16 bits per heavy atom.